The molecule has 1 unspecified atom stereocenters. The molecule has 5 rings (SSSR count). The number of unbranched alkanes of at least 4 members (excludes halogenated alkanes) is 3. The molecule has 4 aromatic rings. The average Bonchev–Trinajstić information content (AvgIpc) is 3.12. The van der Waals surface area contributed by atoms with Gasteiger partial charge in [0.1, 0.15) is 17.4 Å². The van der Waals surface area contributed by atoms with Crippen molar-refractivity contribution in [2.45, 2.75) is 58.4 Å². The standard InChI is InChI=1S/C39H43N5O5/c1-3-4-5-10-26-48-39(47)42-37(40)30-17-19-32(20-18-30)43-24-21-29-12-11-13-31(27-29)38(46)44(35-16-8-9-23-41-35)25-22-36(45)49-34-15-7-6-14-33(34)28(43)2/h6-9,11-20,23,27-28H,3-5,10,21-22,24-26H2,1-2H3,(H2,40,42,47). The van der Waals surface area contributed by atoms with Crippen molar-refractivity contribution in [3.05, 3.63) is 119 Å². The number of amidine groups is 1. The fraction of sp³-hybridized carbons (Fsp3) is 0.308. The fourth-order valence-electron chi connectivity index (χ4n) is 5.83. The zero-order valence-electron chi connectivity index (χ0n) is 28.1. The number of benzene rings is 3. The summed E-state index contributed by atoms with van der Waals surface area (Å²) in [6.07, 6.45) is 5.57. The van der Waals surface area contributed by atoms with Crippen LogP contribution in [-0.4, -0.2) is 48.5 Å². The summed E-state index contributed by atoms with van der Waals surface area (Å²) in [4.78, 5) is 47.4. The monoisotopic (exact) mass is 661 g/mol. The maximum absolute atomic E-state index is 13.8. The topological polar surface area (TPSA) is 125 Å². The van der Waals surface area contributed by atoms with Crippen LogP contribution in [0.1, 0.15) is 79.0 Å². The molecule has 0 spiro atoms. The van der Waals surface area contributed by atoms with Crippen molar-refractivity contribution in [2.75, 3.05) is 29.5 Å². The van der Waals surface area contributed by atoms with E-state index in [-0.39, 0.29) is 30.8 Å². The number of amides is 2. The summed E-state index contributed by atoms with van der Waals surface area (Å²) in [5.41, 5.74) is 3.73. The van der Waals surface area contributed by atoms with E-state index in [2.05, 4.69) is 29.0 Å². The summed E-state index contributed by atoms with van der Waals surface area (Å²) < 4.78 is 11.2. The summed E-state index contributed by atoms with van der Waals surface area (Å²) >= 11 is 0. The fourth-order valence-corrected chi connectivity index (χ4v) is 5.83. The van der Waals surface area contributed by atoms with Crippen molar-refractivity contribution in [1.82, 2.24) is 10.3 Å². The Balaban J connectivity index is 1.41. The van der Waals surface area contributed by atoms with Crippen molar-refractivity contribution in [2.24, 2.45) is 0 Å². The predicted octanol–water partition coefficient (Wildman–Crippen LogP) is 7.48. The number of hydrogen-bond donors (Lipinski definition) is 2. The molecule has 10 nitrogen and oxygen atoms in total. The number of aromatic nitrogens is 1. The summed E-state index contributed by atoms with van der Waals surface area (Å²) in [6.45, 7) is 5.18. The number of para-hydroxylation sites is 1. The van der Waals surface area contributed by atoms with E-state index in [0.29, 0.717) is 42.3 Å². The highest BCUT2D eigenvalue weighted by atomic mass is 16.5. The van der Waals surface area contributed by atoms with E-state index in [1.807, 2.05) is 54.6 Å². The van der Waals surface area contributed by atoms with Crippen LogP contribution in [0.4, 0.5) is 16.3 Å². The van der Waals surface area contributed by atoms with E-state index in [1.165, 1.54) is 4.90 Å². The summed E-state index contributed by atoms with van der Waals surface area (Å²) in [5, 5.41) is 10.9. The van der Waals surface area contributed by atoms with Crippen molar-refractivity contribution >= 4 is 35.3 Å². The number of carbonyl (C=O) groups excluding carboxylic acids is 3. The lowest BCUT2D eigenvalue weighted by atomic mass is 10.0. The Bertz CT molecular complexity index is 1740. The molecule has 2 N–H and O–H groups in total. The van der Waals surface area contributed by atoms with Gasteiger partial charge in [-0.1, -0.05) is 62.6 Å². The van der Waals surface area contributed by atoms with E-state index >= 15 is 0 Å². The molecule has 1 aromatic heterocycles. The molecule has 2 amide bonds. The molecule has 1 atom stereocenters. The second-order valence-corrected chi connectivity index (χ2v) is 12.0. The second-order valence-electron chi connectivity index (χ2n) is 12.0. The van der Waals surface area contributed by atoms with Gasteiger partial charge < -0.3 is 14.4 Å². The van der Waals surface area contributed by atoms with Crippen molar-refractivity contribution in [1.29, 1.82) is 5.41 Å². The summed E-state index contributed by atoms with van der Waals surface area (Å²) in [6, 6.07) is 27.5. The number of nitrogens with zero attached hydrogens (tertiary/aromatic N) is 3. The molecule has 1 aliphatic rings. The van der Waals surface area contributed by atoms with Crippen molar-refractivity contribution in [3.8, 4) is 5.75 Å². The van der Waals surface area contributed by atoms with Gasteiger partial charge in [0.25, 0.3) is 5.91 Å². The molecule has 10 heteroatoms. The van der Waals surface area contributed by atoms with Crippen LogP contribution in [-0.2, 0) is 16.0 Å². The van der Waals surface area contributed by atoms with Gasteiger partial charge in [0, 0.05) is 41.7 Å². The first-order valence-corrected chi connectivity index (χ1v) is 16.8. The van der Waals surface area contributed by atoms with Crippen LogP contribution < -0.4 is 19.9 Å². The Kier molecular flexibility index (Phi) is 12.1. The molecule has 0 saturated heterocycles. The van der Waals surface area contributed by atoms with Gasteiger partial charge >= 0.3 is 12.1 Å². The molecular weight excluding hydrogens is 618 g/mol. The van der Waals surface area contributed by atoms with E-state index in [1.54, 1.807) is 42.6 Å². The Morgan fingerprint density at radius 2 is 1.73 bits per heavy atom. The molecule has 0 fully saturated rings. The maximum atomic E-state index is 13.8. The molecule has 0 radical (unpaired) electrons. The minimum Gasteiger partial charge on any atom is -0.449 e. The van der Waals surface area contributed by atoms with E-state index in [4.69, 9.17) is 14.9 Å². The van der Waals surface area contributed by atoms with Gasteiger partial charge in [-0.2, -0.15) is 0 Å². The first-order chi connectivity index (χ1) is 23.8. The molecule has 1 aliphatic heterocycles. The molecule has 3 aromatic carbocycles. The maximum Gasteiger partial charge on any atom is 0.412 e. The summed E-state index contributed by atoms with van der Waals surface area (Å²) in [5.74, 6) is 0.154. The molecular formula is C39H43N5O5. The van der Waals surface area contributed by atoms with Gasteiger partial charge in [0.2, 0.25) is 0 Å². The lowest BCUT2D eigenvalue weighted by Crippen LogP contribution is -2.34. The van der Waals surface area contributed by atoms with E-state index in [9.17, 15) is 14.4 Å². The van der Waals surface area contributed by atoms with Gasteiger partial charge in [-0.3, -0.25) is 25.2 Å². The molecule has 0 saturated carbocycles. The number of anilines is 2. The van der Waals surface area contributed by atoms with Gasteiger partial charge in [-0.05, 0) is 79.9 Å². The third-order valence-electron chi connectivity index (χ3n) is 8.53. The molecule has 2 bridgehead atoms. The normalized spacial score (nSPS) is 15.3. The minimum atomic E-state index is -0.639. The first kappa shape index (κ1) is 34.8. The zero-order valence-corrected chi connectivity index (χ0v) is 28.1. The smallest absolute Gasteiger partial charge is 0.412 e. The van der Waals surface area contributed by atoms with Crippen LogP contribution in [0.5, 0.6) is 5.75 Å². The molecule has 49 heavy (non-hydrogen) atoms. The lowest BCUT2D eigenvalue weighted by Gasteiger charge is -2.33. The lowest BCUT2D eigenvalue weighted by molar-refractivity contribution is -0.134. The Morgan fingerprint density at radius 1 is 0.939 bits per heavy atom. The number of pyridine rings is 1. The van der Waals surface area contributed by atoms with E-state index in [0.717, 1.165) is 42.5 Å². The SMILES string of the molecule is CCCCCCOC(=O)NC(=N)c1ccc(N2CCc3cccc(c3)C(=O)N(c3ccccn3)CCC(=O)Oc3ccccc3C2C)cc1. The Morgan fingerprint density at radius 3 is 2.51 bits per heavy atom. The Hall–Kier alpha value is -5.51. The molecule has 0 aliphatic carbocycles. The highest BCUT2D eigenvalue weighted by Gasteiger charge is 2.25. The summed E-state index contributed by atoms with van der Waals surface area (Å²) in [7, 11) is 0. The number of carbonyl (C=O) groups is 3. The number of nitrogens with one attached hydrogen (secondary N) is 2. The number of fused-ring (bicyclic) bond motifs is 3. The number of esters is 1. The van der Waals surface area contributed by atoms with Crippen LogP contribution in [0, 0.1) is 5.41 Å². The third kappa shape index (κ3) is 9.31. The van der Waals surface area contributed by atoms with Crippen molar-refractivity contribution in [3.63, 3.8) is 0 Å². The zero-order chi connectivity index (χ0) is 34.6. The molecule has 254 valence electrons. The van der Waals surface area contributed by atoms with Crippen LogP contribution in [0.25, 0.3) is 0 Å². The van der Waals surface area contributed by atoms with Gasteiger partial charge in [0.15, 0.2) is 0 Å². The molecule has 2 heterocycles. The van der Waals surface area contributed by atoms with Gasteiger partial charge in [0.05, 0.1) is 19.1 Å². The first-order valence-electron chi connectivity index (χ1n) is 16.8. The van der Waals surface area contributed by atoms with Crippen LogP contribution in [0.2, 0.25) is 0 Å². The van der Waals surface area contributed by atoms with Crippen LogP contribution >= 0.6 is 0 Å². The number of hydrogen-bond acceptors (Lipinski definition) is 8. The largest absolute Gasteiger partial charge is 0.449 e. The van der Waals surface area contributed by atoms with Crippen LogP contribution in [0.3, 0.4) is 0 Å². The predicted molar refractivity (Wildman–Crippen MR) is 190 cm³/mol. The number of ether oxygens (including phenoxy) is 2. The number of alkyl carbamates (subject to hydrolysis) is 1. The second kappa shape index (κ2) is 17.1. The van der Waals surface area contributed by atoms with Gasteiger partial charge in [-0.15, -0.1) is 0 Å². The highest BCUT2D eigenvalue weighted by molar-refractivity contribution is 6.06. The minimum absolute atomic E-state index is 0.0255. The average molecular weight is 662 g/mol. The van der Waals surface area contributed by atoms with Crippen molar-refractivity contribution < 1.29 is 23.9 Å². The quantitative estimate of drug-likeness (QED) is 0.0660. The van der Waals surface area contributed by atoms with E-state index < -0.39 is 12.1 Å². The third-order valence-corrected chi connectivity index (χ3v) is 8.53. The highest BCUT2D eigenvalue weighted by Crippen LogP contribution is 2.33. The number of rotatable bonds is 8. The van der Waals surface area contributed by atoms with Crippen LogP contribution in [0.15, 0.2) is 97.2 Å². The Labute approximate surface area is 287 Å². The van der Waals surface area contributed by atoms with Gasteiger partial charge in [-0.25, -0.2) is 9.78 Å².